The number of hydrogen-bond acceptors (Lipinski definition) is 1. The highest BCUT2D eigenvalue weighted by Crippen LogP contribution is 2.34. The Labute approximate surface area is 81.4 Å². The van der Waals surface area contributed by atoms with Crippen LogP contribution in [0.5, 0.6) is 0 Å². The highest BCUT2D eigenvalue weighted by atomic mass is 19.2. The predicted molar refractivity (Wildman–Crippen MR) is 49.0 cm³/mol. The smallest absolute Gasteiger partial charge is 0.159 e. The number of aliphatic hydroxyl groups is 1. The number of benzene rings is 1. The van der Waals surface area contributed by atoms with E-state index in [2.05, 4.69) is 0 Å². The van der Waals surface area contributed by atoms with Crippen LogP contribution in [-0.4, -0.2) is 11.2 Å². The maximum absolute atomic E-state index is 12.9. The molecule has 1 fully saturated rings. The van der Waals surface area contributed by atoms with Crippen LogP contribution < -0.4 is 0 Å². The Morgan fingerprint density at radius 3 is 2.50 bits per heavy atom. The SMILES string of the molecule is O[C@@H]1CCC[C@@H]1c1ccc(F)c(F)c1. The van der Waals surface area contributed by atoms with Crippen molar-refractivity contribution in [3.05, 3.63) is 35.4 Å². The first-order valence-electron chi connectivity index (χ1n) is 4.81. The topological polar surface area (TPSA) is 20.2 Å². The molecule has 0 radical (unpaired) electrons. The molecule has 0 aliphatic heterocycles. The van der Waals surface area contributed by atoms with Crippen molar-refractivity contribution >= 4 is 0 Å². The molecule has 0 spiro atoms. The van der Waals surface area contributed by atoms with Crippen LogP contribution in [0.4, 0.5) is 8.78 Å². The van der Waals surface area contributed by atoms with Crippen LogP contribution in [-0.2, 0) is 0 Å². The molecule has 0 heterocycles. The van der Waals surface area contributed by atoms with Gasteiger partial charge in [-0.15, -0.1) is 0 Å². The highest BCUT2D eigenvalue weighted by Gasteiger charge is 2.27. The minimum Gasteiger partial charge on any atom is -0.392 e. The first-order chi connectivity index (χ1) is 6.68. The molecule has 0 aromatic heterocycles. The van der Waals surface area contributed by atoms with Crippen LogP contribution in [0, 0.1) is 11.6 Å². The third kappa shape index (κ3) is 1.64. The van der Waals surface area contributed by atoms with Crippen LogP contribution in [0.25, 0.3) is 0 Å². The number of rotatable bonds is 1. The molecule has 76 valence electrons. The summed E-state index contributed by atoms with van der Waals surface area (Å²) in [6.07, 6.45) is 2.15. The second-order valence-electron chi connectivity index (χ2n) is 3.78. The maximum Gasteiger partial charge on any atom is 0.159 e. The summed E-state index contributed by atoms with van der Waals surface area (Å²) in [5.74, 6) is -1.69. The fraction of sp³-hybridized carbons (Fsp3) is 0.455. The molecule has 1 nitrogen and oxygen atoms in total. The van der Waals surface area contributed by atoms with Gasteiger partial charge in [-0.1, -0.05) is 12.5 Å². The molecule has 0 unspecified atom stereocenters. The molecular weight excluding hydrogens is 186 g/mol. The van der Waals surface area contributed by atoms with Gasteiger partial charge in [-0.3, -0.25) is 0 Å². The van der Waals surface area contributed by atoms with Crippen LogP contribution in [0.1, 0.15) is 30.7 Å². The van der Waals surface area contributed by atoms with E-state index in [0.29, 0.717) is 5.56 Å². The number of aliphatic hydroxyl groups excluding tert-OH is 1. The maximum atomic E-state index is 12.9. The van der Waals surface area contributed by atoms with E-state index < -0.39 is 17.7 Å². The largest absolute Gasteiger partial charge is 0.392 e. The highest BCUT2D eigenvalue weighted by molar-refractivity contribution is 5.23. The van der Waals surface area contributed by atoms with Crippen molar-refractivity contribution in [3.63, 3.8) is 0 Å². The summed E-state index contributed by atoms with van der Waals surface area (Å²) in [7, 11) is 0. The van der Waals surface area contributed by atoms with Gasteiger partial charge in [0.15, 0.2) is 11.6 Å². The Hall–Kier alpha value is -0.960. The van der Waals surface area contributed by atoms with E-state index in [1.165, 1.54) is 6.07 Å². The quantitative estimate of drug-likeness (QED) is 0.735. The van der Waals surface area contributed by atoms with Crippen LogP contribution in [0.3, 0.4) is 0 Å². The lowest BCUT2D eigenvalue weighted by atomic mass is 9.96. The third-order valence-electron chi connectivity index (χ3n) is 2.85. The summed E-state index contributed by atoms with van der Waals surface area (Å²) < 4.78 is 25.5. The molecule has 1 N–H and O–H groups in total. The second kappa shape index (κ2) is 3.65. The molecule has 1 saturated carbocycles. The monoisotopic (exact) mass is 198 g/mol. The molecule has 0 bridgehead atoms. The summed E-state index contributed by atoms with van der Waals surface area (Å²) in [6.45, 7) is 0. The molecule has 0 amide bonds. The van der Waals surface area contributed by atoms with Crippen LogP contribution >= 0.6 is 0 Å². The molecular formula is C11H12F2O. The molecule has 1 aliphatic rings. The normalized spacial score (nSPS) is 26.8. The predicted octanol–water partition coefficient (Wildman–Crippen LogP) is 2.59. The molecule has 1 aliphatic carbocycles. The zero-order valence-corrected chi connectivity index (χ0v) is 7.71. The van der Waals surface area contributed by atoms with Gasteiger partial charge in [0, 0.05) is 5.92 Å². The van der Waals surface area contributed by atoms with Crippen molar-refractivity contribution in [1.29, 1.82) is 0 Å². The summed E-state index contributed by atoms with van der Waals surface area (Å²) in [6, 6.07) is 3.86. The molecule has 2 rings (SSSR count). The van der Waals surface area contributed by atoms with Crippen molar-refractivity contribution in [3.8, 4) is 0 Å². The van der Waals surface area contributed by atoms with Gasteiger partial charge in [-0.2, -0.15) is 0 Å². The molecule has 1 aromatic rings. The lowest BCUT2D eigenvalue weighted by Crippen LogP contribution is -2.11. The average molecular weight is 198 g/mol. The van der Waals surface area contributed by atoms with Crippen molar-refractivity contribution in [2.24, 2.45) is 0 Å². The van der Waals surface area contributed by atoms with Gasteiger partial charge in [-0.05, 0) is 30.5 Å². The lowest BCUT2D eigenvalue weighted by molar-refractivity contribution is 0.163. The second-order valence-corrected chi connectivity index (χ2v) is 3.78. The van der Waals surface area contributed by atoms with Crippen molar-refractivity contribution in [2.45, 2.75) is 31.3 Å². The Bertz CT molecular complexity index is 338. The Morgan fingerprint density at radius 1 is 1.14 bits per heavy atom. The molecule has 14 heavy (non-hydrogen) atoms. The van der Waals surface area contributed by atoms with Crippen molar-refractivity contribution in [1.82, 2.24) is 0 Å². The minimum absolute atomic E-state index is 0.0231. The fourth-order valence-corrected chi connectivity index (χ4v) is 2.07. The van der Waals surface area contributed by atoms with Crippen molar-refractivity contribution < 1.29 is 13.9 Å². The zero-order chi connectivity index (χ0) is 10.1. The van der Waals surface area contributed by atoms with Gasteiger partial charge in [0.2, 0.25) is 0 Å². The Morgan fingerprint density at radius 2 is 1.93 bits per heavy atom. The summed E-state index contributed by atoms with van der Waals surface area (Å²) in [5, 5.41) is 9.59. The first kappa shape index (κ1) is 9.59. The van der Waals surface area contributed by atoms with Gasteiger partial charge >= 0.3 is 0 Å². The van der Waals surface area contributed by atoms with Gasteiger partial charge in [0.05, 0.1) is 6.10 Å². The molecule has 3 heteroatoms. The Balaban J connectivity index is 2.28. The summed E-state index contributed by atoms with van der Waals surface area (Å²) in [4.78, 5) is 0. The van der Waals surface area contributed by atoms with Gasteiger partial charge in [0.1, 0.15) is 0 Å². The average Bonchev–Trinajstić information content (AvgIpc) is 2.57. The van der Waals surface area contributed by atoms with Gasteiger partial charge < -0.3 is 5.11 Å². The van der Waals surface area contributed by atoms with E-state index in [-0.39, 0.29) is 5.92 Å². The first-order valence-corrected chi connectivity index (χ1v) is 4.81. The fourth-order valence-electron chi connectivity index (χ4n) is 2.07. The Kier molecular flexibility index (Phi) is 2.50. The number of hydrogen-bond donors (Lipinski definition) is 1. The van der Waals surface area contributed by atoms with Gasteiger partial charge in [-0.25, -0.2) is 8.78 Å². The van der Waals surface area contributed by atoms with E-state index in [1.807, 2.05) is 0 Å². The zero-order valence-electron chi connectivity index (χ0n) is 7.71. The van der Waals surface area contributed by atoms with Crippen molar-refractivity contribution in [2.75, 3.05) is 0 Å². The third-order valence-corrected chi connectivity index (χ3v) is 2.85. The van der Waals surface area contributed by atoms with E-state index in [0.717, 1.165) is 25.3 Å². The lowest BCUT2D eigenvalue weighted by Gasteiger charge is -2.14. The standard InChI is InChI=1S/C11H12F2O/c12-9-5-4-7(6-10(9)13)8-2-1-3-11(8)14/h4-6,8,11,14H,1-3H2/t8-,11-/m1/s1. The molecule has 0 saturated heterocycles. The summed E-state index contributed by atoms with van der Waals surface area (Å²) >= 11 is 0. The minimum atomic E-state index is -0.832. The van der Waals surface area contributed by atoms with E-state index in [1.54, 1.807) is 6.07 Å². The van der Waals surface area contributed by atoms with E-state index >= 15 is 0 Å². The summed E-state index contributed by atoms with van der Waals surface area (Å²) in [5.41, 5.74) is 0.703. The van der Waals surface area contributed by atoms with E-state index in [4.69, 9.17) is 0 Å². The number of halogens is 2. The van der Waals surface area contributed by atoms with E-state index in [9.17, 15) is 13.9 Å². The van der Waals surface area contributed by atoms with Crippen LogP contribution in [0.15, 0.2) is 18.2 Å². The molecule has 2 atom stereocenters. The van der Waals surface area contributed by atoms with Gasteiger partial charge in [0.25, 0.3) is 0 Å². The molecule has 1 aromatic carbocycles. The van der Waals surface area contributed by atoms with Crippen LogP contribution in [0.2, 0.25) is 0 Å².